The Labute approximate surface area is 114 Å². The topological polar surface area (TPSA) is 76.5 Å². The molecule has 0 amide bonds. The molecule has 1 saturated carbocycles. The molecule has 1 aromatic rings. The van der Waals surface area contributed by atoms with Crippen molar-refractivity contribution in [3.8, 4) is 0 Å². The lowest BCUT2D eigenvalue weighted by Gasteiger charge is -2.25. The molecular formula is C13H22N2O3S. The highest BCUT2D eigenvalue weighted by molar-refractivity contribution is 7.89. The molecule has 0 atom stereocenters. The van der Waals surface area contributed by atoms with Crippen LogP contribution >= 0.6 is 0 Å². The van der Waals surface area contributed by atoms with E-state index in [1.54, 1.807) is 13.1 Å². The third-order valence-corrected chi connectivity index (χ3v) is 5.59. The summed E-state index contributed by atoms with van der Waals surface area (Å²) >= 11 is 0. The molecule has 1 aromatic heterocycles. The van der Waals surface area contributed by atoms with E-state index < -0.39 is 10.0 Å². The van der Waals surface area contributed by atoms with E-state index in [1.807, 2.05) is 0 Å². The quantitative estimate of drug-likeness (QED) is 0.860. The van der Waals surface area contributed by atoms with Gasteiger partial charge < -0.3 is 10.2 Å². The van der Waals surface area contributed by atoms with Crippen molar-refractivity contribution in [2.45, 2.75) is 56.2 Å². The van der Waals surface area contributed by atoms with Crippen molar-refractivity contribution < 1.29 is 12.8 Å². The molecule has 0 spiro atoms. The number of furan rings is 1. The fraction of sp³-hybridized carbons (Fsp3) is 0.692. The van der Waals surface area contributed by atoms with E-state index >= 15 is 0 Å². The zero-order valence-electron chi connectivity index (χ0n) is 11.3. The van der Waals surface area contributed by atoms with Crippen LogP contribution in [0.15, 0.2) is 21.6 Å². The standard InChI is InChI=1S/C13H22N2O3S/c1-15(11-6-4-2-3-5-7-11)19(16,17)13-9-8-12(10-14)18-13/h8-9,11H,2-7,10,14H2,1H3. The molecule has 1 aliphatic rings. The first kappa shape index (κ1) is 14.6. The van der Waals surface area contributed by atoms with Gasteiger partial charge >= 0.3 is 0 Å². The highest BCUT2D eigenvalue weighted by Crippen LogP contribution is 2.26. The Morgan fingerprint density at radius 3 is 2.42 bits per heavy atom. The molecule has 1 aliphatic carbocycles. The summed E-state index contributed by atoms with van der Waals surface area (Å²) in [6, 6.07) is 3.19. The van der Waals surface area contributed by atoms with Crippen molar-refractivity contribution in [1.29, 1.82) is 0 Å². The van der Waals surface area contributed by atoms with Crippen LogP contribution in [0.4, 0.5) is 0 Å². The second-order valence-electron chi connectivity index (χ2n) is 5.09. The fourth-order valence-corrected chi connectivity index (χ4v) is 3.91. The average molecular weight is 286 g/mol. The predicted octanol–water partition coefficient (Wildman–Crippen LogP) is 2.08. The van der Waals surface area contributed by atoms with Crippen LogP contribution in [0, 0.1) is 0 Å². The Morgan fingerprint density at radius 2 is 1.89 bits per heavy atom. The Bertz CT molecular complexity index is 502. The number of nitrogens with two attached hydrogens (primary N) is 1. The summed E-state index contributed by atoms with van der Waals surface area (Å²) < 4.78 is 31.7. The Balaban J connectivity index is 2.17. The van der Waals surface area contributed by atoms with Crippen LogP contribution in [-0.2, 0) is 16.6 Å². The normalized spacial score (nSPS) is 18.7. The van der Waals surface area contributed by atoms with E-state index in [9.17, 15) is 8.42 Å². The van der Waals surface area contributed by atoms with Crippen LogP contribution in [-0.4, -0.2) is 25.8 Å². The maximum atomic E-state index is 12.5. The zero-order chi connectivity index (χ0) is 13.9. The average Bonchev–Trinajstić information content (AvgIpc) is 2.74. The lowest BCUT2D eigenvalue weighted by Crippen LogP contribution is -2.36. The van der Waals surface area contributed by atoms with Crippen molar-refractivity contribution >= 4 is 10.0 Å². The molecule has 0 saturated heterocycles. The van der Waals surface area contributed by atoms with Gasteiger partial charge in [0.05, 0.1) is 6.54 Å². The highest BCUT2D eigenvalue weighted by atomic mass is 32.2. The van der Waals surface area contributed by atoms with Crippen LogP contribution in [0.2, 0.25) is 0 Å². The van der Waals surface area contributed by atoms with E-state index in [1.165, 1.54) is 23.2 Å². The second-order valence-corrected chi connectivity index (χ2v) is 7.02. The largest absolute Gasteiger partial charge is 0.447 e. The predicted molar refractivity (Wildman–Crippen MR) is 73.0 cm³/mol. The number of hydrogen-bond acceptors (Lipinski definition) is 4. The van der Waals surface area contributed by atoms with E-state index in [4.69, 9.17) is 10.2 Å². The Kier molecular flexibility index (Phi) is 4.65. The van der Waals surface area contributed by atoms with Gasteiger partial charge in [-0.25, -0.2) is 8.42 Å². The first-order valence-electron chi connectivity index (χ1n) is 6.82. The van der Waals surface area contributed by atoms with Crippen molar-refractivity contribution in [3.63, 3.8) is 0 Å². The Morgan fingerprint density at radius 1 is 1.26 bits per heavy atom. The number of rotatable bonds is 4. The molecular weight excluding hydrogens is 264 g/mol. The lowest BCUT2D eigenvalue weighted by molar-refractivity contribution is 0.319. The van der Waals surface area contributed by atoms with Crippen LogP contribution in [0.5, 0.6) is 0 Å². The first-order chi connectivity index (χ1) is 9.05. The van der Waals surface area contributed by atoms with Crippen molar-refractivity contribution in [2.24, 2.45) is 5.73 Å². The van der Waals surface area contributed by atoms with E-state index in [2.05, 4.69) is 0 Å². The molecule has 2 rings (SSSR count). The summed E-state index contributed by atoms with van der Waals surface area (Å²) in [6.45, 7) is 0.211. The minimum Gasteiger partial charge on any atom is -0.447 e. The van der Waals surface area contributed by atoms with Gasteiger partial charge in [-0.2, -0.15) is 4.31 Å². The van der Waals surface area contributed by atoms with E-state index in [0.717, 1.165) is 25.7 Å². The van der Waals surface area contributed by atoms with Gasteiger partial charge in [-0.1, -0.05) is 25.7 Å². The molecule has 0 aromatic carbocycles. The van der Waals surface area contributed by atoms with Gasteiger partial charge in [-0.05, 0) is 25.0 Å². The van der Waals surface area contributed by atoms with Crippen molar-refractivity contribution in [3.05, 3.63) is 17.9 Å². The van der Waals surface area contributed by atoms with Gasteiger partial charge in [0.15, 0.2) is 0 Å². The molecule has 0 bridgehead atoms. The summed E-state index contributed by atoms with van der Waals surface area (Å²) in [5, 5.41) is -0.000281. The van der Waals surface area contributed by atoms with Gasteiger partial charge in [0.1, 0.15) is 5.76 Å². The van der Waals surface area contributed by atoms with E-state index in [0.29, 0.717) is 5.76 Å². The van der Waals surface area contributed by atoms with Crippen LogP contribution in [0.1, 0.15) is 44.3 Å². The van der Waals surface area contributed by atoms with Crippen molar-refractivity contribution in [2.75, 3.05) is 7.05 Å². The summed E-state index contributed by atoms with van der Waals surface area (Å²) in [7, 11) is -1.88. The molecule has 1 heterocycles. The van der Waals surface area contributed by atoms with E-state index in [-0.39, 0.29) is 17.7 Å². The monoisotopic (exact) mass is 286 g/mol. The van der Waals surface area contributed by atoms with Crippen molar-refractivity contribution in [1.82, 2.24) is 4.31 Å². The molecule has 0 radical (unpaired) electrons. The molecule has 1 fully saturated rings. The SMILES string of the molecule is CN(C1CCCCCC1)S(=O)(=O)c1ccc(CN)o1. The maximum Gasteiger partial charge on any atom is 0.276 e. The third-order valence-electron chi connectivity index (χ3n) is 3.81. The second kappa shape index (κ2) is 6.07. The fourth-order valence-electron chi connectivity index (χ4n) is 2.57. The molecule has 0 aliphatic heterocycles. The van der Waals surface area contributed by atoms with Gasteiger partial charge in [0.25, 0.3) is 10.0 Å². The van der Waals surface area contributed by atoms with Crippen LogP contribution < -0.4 is 5.73 Å². The van der Waals surface area contributed by atoms with Gasteiger partial charge in [0, 0.05) is 13.1 Å². The molecule has 0 unspecified atom stereocenters. The smallest absolute Gasteiger partial charge is 0.276 e. The van der Waals surface area contributed by atoms with Crippen LogP contribution in [0.3, 0.4) is 0 Å². The highest BCUT2D eigenvalue weighted by Gasteiger charge is 2.30. The minimum absolute atomic E-state index is 0.000281. The van der Waals surface area contributed by atoms with Gasteiger partial charge in [0.2, 0.25) is 5.09 Å². The zero-order valence-corrected chi connectivity index (χ0v) is 12.2. The summed E-state index contributed by atoms with van der Waals surface area (Å²) in [5.41, 5.74) is 5.44. The summed E-state index contributed by atoms with van der Waals surface area (Å²) in [6.07, 6.45) is 6.44. The molecule has 2 N–H and O–H groups in total. The van der Waals surface area contributed by atoms with Gasteiger partial charge in [-0.3, -0.25) is 0 Å². The minimum atomic E-state index is -3.53. The third kappa shape index (κ3) is 3.19. The molecule has 5 nitrogen and oxygen atoms in total. The van der Waals surface area contributed by atoms with Crippen LogP contribution in [0.25, 0.3) is 0 Å². The lowest BCUT2D eigenvalue weighted by atomic mass is 10.1. The molecule has 108 valence electrons. The number of hydrogen-bond donors (Lipinski definition) is 1. The summed E-state index contributed by atoms with van der Waals surface area (Å²) in [5.74, 6) is 0.493. The number of sulfonamides is 1. The summed E-state index contributed by atoms with van der Waals surface area (Å²) in [4.78, 5) is 0. The maximum absolute atomic E-state index is 12.5. The van der Waals surface area contributed by atoms with Gasteiger partial charge in [-0.15, -0.1) is 0 Å². The number of nitrogens with zero attached hydrogens (tertiary/aromatic N) is 1. The Hall–Kier alpha value is -0.850. The molecule has 6 heteroatoms. The first-order valence-corrected chi connectivity index (χ1v) is 8.26. The molecule has 19 heavy (non-hydrogen) atoms.